The Kier molecular flexibility index (Phi) is 5.32. The molecule has 0 radical (unpaired) electrons. The highest BCUT2D eigenvalue weighted by Gasteiger charge is 2.38. The first-order valence-corrected chi connectivity index (χ1v) is 9.07. The lowest BCUT2D eigenvalue weighted by Crippen LogP contribution is -2.57. The number of hydrogen-bond acceptors (Lipinski definition) is 5. The van der Waals surface area contributed by atoms with Crippen molar-refractivity contribution in [2.45, 2.75) is 32.0 Å². The van der Waals surface area contributed by atoms with E-state index in [1.165, 1.54) is 11.3 Å². The topological polar surface area (TPSA) is 67.2 Å². The molecule has 2 atom stereocenters. The van der Waals surface area contributed by atoms with Crippen molar-refractivity contribution in [3.8, 4) is 0 Å². The van der Waals surface area contributed by atoms with Gasteiger partial charge in [0.05, 0.1) is 18.2 Å². The summed E-state index contributed by atoms with van der Waals surface area (Å²) in [6, 6.07) is 8.51. The van der Waals surface area contributed by atoms with Crippen molar-refractivity contribution in [3.05, 3.63) is 29.8 Å². The van der Waals surface area contributed by atoms with Gasteiger partial charge in [-0.15, -0.1) is 0 Å². The Hall–Kier alpha value is -1.63. The first kappa shape index (κ1) is 18.2. The molecular weight excluding hydrogens is 318 g/mol. The molecule has 138 valence electrons. The summed E-state index contributed by atoms with van der Waals surface area (Å²) in [5, 5.41) is 20.0. The molecule has 3 rings (SSSR count). The Bertz CT molecular complexity index is 612. The quantitative estimate of drug-likeness (QED) is 0.832. The van der Waals surface area contributed by atoms with Crippen molar-refractivity contribution in [1.82, 2.24) is 9.80 Å². The van der Waals surface area contributed by atoms with E-state index < -0.39 is 11.7 Å². The second-order valence-electron chi connectivity index (χ2n) is 7.56. The molecule has 0 bridgehead atoms. The molecule has 2 aliphatic rings. The highest BCUT2D eigenvalue weighted by Crippen LogP contribution is 2.22. The van der Waals surface area contributed by atoms with E-state index >= 15 is 0 Å². The molecule has 0 aromatic heterocycles. The minimum atomic E-state index is -1.09. The van der Waals surface area contributed by atoms with Crippen LogP contribution in [0.2, 0.25) is 0 Å². The monoisotopic (exact) mass is 347 g/mol. The number of rotatable bonds is 3. The van der Waals surface area contributed by atoms with Gasteiger partial charge in [0.1, 0.15) is 0 Å². The minimum absolute atomic E-state index is 0.0403. The lowest BCUT2D eigenvalue weighted by molar-refractivity contribution is -0.147. The molecule has 2 aliphatic heterocycles. The third kappa shape index (κ3) is 4.32. The second-order valence-corrected chi connectivity index (χ2v) is 7.56. The fourth-order valence-electron chi connectivity index (χ4n) is 3.53. The van der Waals surface area contributed by atoms with Crippen molar-refractivity contribution in [2.75, 3.05) is 50.7 Å². The van der Waals surface area contributed by atoms with Crippen LogP contribution in [0.25, 0.3) is 0 Å². The average molecular weight is 347 g/mol. The minimum Gasteiger partial charge on any atom is -0.388 e. The number of carbonyl (C=O) groups excluding carboxylic acids is 1. The number of carbonyl (C=O) groups is 1. The van der Waals surface area contributed by atoms with E-state index in [9.17, 15) is 15.0 Å². The number of aryl methyl sites for hydroxylation is 1. The molecule has 0 spiro atoms. The molecule has 25 heavy (non-hydrogen) atoms. The number of likely N-dealkylation sites (tertiary alicyclic amines) is 1. The maximum absolute atomic E-state index is 12.5. The van der Waals surface area contributed by atoms with E-state index in [0.717, 1.165) is 26.2 Å². The number of piperazine rings is 1. The van der Waals surface area contributed by atoms with Crippen molar-refractivity contribution in [2.24, 2.45) is 0 Å². The number of β-amino-alcohol motifs (C(OH)–C–C–N with tert-alkyl or cyclic N) is 1. The van der Waals surface area contributed by atoms with Crippen molar-refractivity contribution < 1.29 is 15.0 Å². The summed E-state index contributed by atoms with van der Waals surface area (Å²) in [4.78, 5) is 18.7. The van der Waals surface area contributed by atoms with Gasteiger partial charge in [0.15, 0.2) is 0 Å². The van der Waals surface area contributed by atoms with Crippen LogP contribution in [-0.2, 0) is 4.79 Å². The first-order chi connectivity index (χ1) is 11.8. The highest BCUT2D eigenvalue weighted by atomic mass is 16.3. The van der Waals surface area contributed by atoms with Crippen LogP contribution >= 0.6 is 0 Å². The summed E-state index contributed by atoms with van der Waals surface area (Å²) in [6.45, 7) is 8.37. The van der Waals surface area contributed by atoms with E-state index in [4.69, 9.17) is 0 Å². The lowest BCUT2D eigenvalue weighted by atomic mass is 9.91. The number of anilines is 1. The Labute approximate surface area is 149 Å². The van der Waals surface area contributed by atoms with E-state index in [-0.39, 0.29) is 12.5 Å². The fraction of sp³-hybridized carbons (Fsp3) is 0.632. The van der Waals surface area contributed by atoms with Crippen LogP contribution in [0.3, 0.4) is 0 Å². The Morgan fingerprint density at radius 1 is 1.24 bits per heavy atom. The Balaban J connectivity index is 1.48. The fourth-order valence-corrected chi connectivity index (χ4v) is 3.53. The van der Waals surface area contributed by atoms with Crippen molar-refractivity contribution >= 4 is 11.6 Å². The third-order valence-corrected chi connectivity index (χ3v) is 5.45. The third-order valence-electron chi connectivity index (χ3n) is 5.45. The van der Waals surface area contributed by atoms with E-state index in [1.807, 2.05) is 0 Å². The molecule has 2 saturated heterocycles. The van der Waals surface area contributed by atoms with Gasteiger partial charge in [-0.2, -0.15) is 0 Å². The maximum atomic E-state index is 12.5. The highest BCUT2D eigenvalue weighted by molar-refractivity contribution is 5.78. The molecule has 0 aliphatic carbocycles. The Morgan fingerprint density at radius 2 is 1.96 bits per heavy atom. The predicted molar refractivity (Wildman–Crippen MR) is 97.7 cm³/mol. The summed E-state index contributed by atoms with van der Waals surface area (Å²) in [5.74, 6) is 0.0403. The first-order valence-electron chi connectivity index (χ1n) is 9.07. The Morgan fingerprint density at radius 3 is 2.60 bits per heavy atom. The predicted octanol–water partition coefficient (Wildman–Crippen LogP) is 0.461. The largest absolute Gasteiger partial charge is 0.388 e. The molecule has 1 amide bonds. The molecule has 1 aromatic rings. The number of benzene rings is 1. The number of nitrogens with zero attached hydrogens (tertiary/aromatic N) is 3. The normalized spacial score (nSPS) is 28.2. The summed E-state index contributed by atoms with van der Waals surface area (Å²) in [6.07, 6.45) is -0.454. The summed E-state index contributed by atoms with van der Waals surface area (Å²) < 4.78 is 0. The lowest BCUT2D eigenvalue weighted by Gasteiger charge is -2.41. The van der Waals surface area contributed by atoms with Crippen LogP contribution in [0.4, 0.5) is 5.69 Å². The van der Waals surface area contributed by atoms with Gasteiger partial charge in [-0.3, -0.25) is 9.69 Å². The van der Waals surface area contributed by atoms with Crippen LogP contribution in [0.1, 0.15) is 18.9 Å². The van der Waals surface area contributed by atoms with Gasteiger partial charge in [-0.1, -0.05) is 12.1 Å². The smallest absolute Gasteiger partial charge is 0.236 e. The number of amides is 1. The summed E-state index contributed by atoms with van der Waals surface area (Å²) >= 11 is 0. The zero-order valence-electron chi connectivity index (χ0n) is 15.2. The van der Waals surface area contributed by atoms with E-state index in [1.54, 1.807) is 11.8 Å². The van der Waals surface area contributed by atoms with Gasteiger partial charge in [0.25, 0.3) is 0 Å². The molecule has 0 saturated carbocycles. The summed E-state index contributed by atoms with van der Waals surface area (Å²) in [7, 11) is 0. The number of aliphatic hydroxyl groups is 2. The van der Waals surface area contributed by atoms with Gasteiger partial charge >= 0.3 is 0 Å². The van der Waals surface area contributed by atoms with Crippen LogP contribution in [0.5, 0.6) is 0 Å². The molecule has 6 nitrogen and oxygen atoms in total. The molecular formula is C19H29N3O3. The van der Waals surface area contributed by atoms with Gasteiger partial charge in [0, 0.05) is 45.0 Å². The second kappa shape index (κ2) is 7.32. The van der Waals surface area contributed by atoms with Gasteiger partial charge in [0.2, 0.25) is 5.91 Å². The molecule has 0 unspecified atom stereocenters. The summed E-state index contributed by atoms with van der Waals surface area (Å²) in [5.41, 5.74) is 1.41. The molecule has 1 aromatic carbocycles. The van der Waals surface area contributed by atoms with Gasteiger partial charge in [-0.25, -0.2) is 0 Å². The zero-order chi connectivity index (χ0) is 18.0. The van der Waals surface area contributed by atoms with E-state index in [0.29, 0.717) is 19.5 Å². The van der Waals surface area contributed by atoms with Crippen LogP contribution in [0.15, 0.2) is 24.3 Å². The number of aliphatic hydroxyl groups excluding tert-OH is 1. The van der Waals surface area contributed by atoms with Gasteiger partial charge in [-0.05, 0) is 38.0 Å². The molecule has 2 N–H and O–H groups in total. The molecule has 2 fully saturated rings. The van der Waals surface area contributed by atoms with Crippen molar-refractivity contribution in [3.63, 3.8) is 0 Å². The molecule has 6 heteroatoms. The average Bonchev–Trinajstić information content (AvgIpc) is 2.58. The van der Waals surface area contributed by atoms with Gasteiger partial charge < -0.3 is 20.0 Å². The number of hydrogen-bond donors (Lipinski definition) is 2. The van der Waals surface area contributed by atoms with E-state index in [2.05, 4.69) is 41.0 Å². The standard InChI is InChI=1S/C19H29N3O3/c1-15-4-3-5-16(12-15)21-10-8-20(9-11-21)14-18(24)22-7-6-19(2,25)17(23)13-22/h3-5,12,17,23,25H,6-11,13-14H2,1-2H3/t17-,19+/m0/s1. The zero-order valence-corrected chi connectivity index (χ0v) is 15.2. The maximum Gasteiger partial charge on any atom is 0.236 e. The van der Waals surface area contributed by atoms with Crippen molar-refractivity contribution in [1.29, 1.82) is 0 Å². The molecule has 2 heterocycles. The SMILES string of the molecule is Cc1cccc(N2CCN(CC(=O)N3CC[C@@](C)(O)[C@@H](O)C3)CC2)c1. The number of piperidine rings is 1. The van der Waals surface area contributed by atoms with Crippen LogP contribution in [0, 0.1) is 6.92 Å². The van der Waals surface area contributed by atoms with Crippen LogP contribution in [-0.4, -0.2) is 83.4 Å². The van der Waals surface area contributed by atoms with Crippen LogP contribution < -0.4 is 4.90 Å².